The summed E-state index contributed by atoms with van der Waals surface area (Å²) in [4.78, 5) is 0. The zero-order valence-electron chi connectivity index (χ0n) is 14.0. The van der Waals surface area contributed by atoms with Crippen LogP contribution >= 0.6 is 0 Å². The second kappa shape index (κ2) is 6.09. The first-order valence-corrected chi connectivity index (χ1v) is 9.24. The topological polar surface area (TPSA) is 87.1 Å². The molecule has 0 saturated carbocycles. The van der Waals surface area contributed by atoms with Crippen molar-refractivity contribution in [2.75, 3.05) is 16.6 Å². The molecule has 0 aromatic heterocycles. The van der Waals surface area contributed by atoms with Crippen molar-refractivity contribution in [1.82, 2.24) is 0 Å². The van der Waals surface area contributed by atoms with Gasteiger partial charge in [0.15, 0.2) is 0 Å². The van der Waals surface area contributed by atoms with Crippen LogP contribution in [0.25, 0.3) is 0 Å². The van der Waals surface area contributed by atoms with Crippen molar-refractivity contribution in [3.63, 3.8) is 0 Å². The third-order valence-electron chi connectivity index (χ3n) is 4.45. The molecule has 8 heteroatoms. The number of hydrogen-bond acceptors (Lipinski definition) is 5. The number of hydrogen-bond donors (Lipinski definition) is 2. The molecule has 1 heterocycles. The lowest BCUT2D eigenvalue weighted by atomic mass is 9.76. The molecule has 1 saturated heterocycles. The smallest absolute Gasteiger partial charge is 0.423 e. The van der Waals surface area contributed by atoms with E-state index in [2.05, 4.69) is 0 Å². The number of sulfonamides is 1. The molecular formula is C15H24BNO5S. The molecule has 0 aliphatic carbocycles. The van der Waals surface area contributed by atoms with Crippen LogP contribution in [0.1, 0.15) is 34.1 Å². The highest BCUT2D eigenvalue weighted by Gasteiger charge is 2.39. The number of nitrogens with zero attached hydrogens (tertiary/aromatic N) is 1. The summed E-state index contributed by atoms with van der Waals surface area (Å²) in [5.74, 6) is 0.167. The minimum absolute atomic E-state index is 0.167. The molecule has 0 unspecified atom stereocenters. The van der Waals surface area contributed by atoms with E-state index in [1.54, 1.807) is 52.0 Å². The molecule has 128 valence electrons. The van der Waals surface area contributed by atoms with Crippen LogP contribution in [0.4, 0.5) is 5.69 Å². The van der Waals surface area contributed by atoms with Gasteiger partial charge >= 0.3 is 7.12 Å². The minimum atomic E-state index is -3.21. The van der Waals surface area contributed by atoms with Crippen LogP contribution in [0.2, 0.25) is 0 Å². The van der Waals surface area contributed by atoms with E-state index in [1.807, 2.05) is 0 Å². The van der Waals surface area contributed by atoms with E-state index in [4.69, 9.17) is 4.65 Å². The summed E-state index contributed by atoms with van der Waals surface area (Å²) in [5.41, 5.74) is -0.996. The average molecular weight is 341 g/mol. The molecule has 6 nitrogen and oxygen atoms in total. The van der Waals surface area contributed by atoms with Crippen LogP contribution in [0.15, 0.2) is 24.3 Å². The van der Waals surface area contributed by atoms with Crippen molar-refractivity contribution in [3.8, 4) is 0 Å². The van der Waals surface area contributed by atoms with Crippen molar-refractivity contribution in [1.29, 1.82) is 0 Å². The van der Waals surface area contributed by atoms with E-state index in [-0.39, 0.29) is 5.75 Å². The third-order valence-corrected chi connectivity index (χ3v) is 6.31. The molecule has 1 aromatic rings. The number of aliphatic hydroxyl groups is 1. The second-order valence-electron chi connectivity index (χ2n) is 6.87. The minimum Gasteiger partial charge on any atom is -0.423 e. The lowest BCUT2D eigenvalue weighted by Crippen LogP contribution is -2.53. The second-order valence-corrected chi connectivity index (χ2v) is 8.89. The number of benzene rings is 1. The van der Waals surface area contributed by atoms with Gasteiger partial charge in [0.1, 0.15) is 0 Å². The molecule has 1 aliphatic rings. The predicted molar refractivity (Wildman–Crippen MR) is 91.3 cm³/mol. The Hall–Kier alpha value is -1.09. The standard InChI is InChI=1S/C15H24BNO5S/c1-14(2,18)15(3,4)22-16(19)12-6-8-13(9-7-12)17-10-5-11-23(17,20)21/h6-9,18-19H,5,10-11H2,1-4H3. The summed E-state index contributed by atoms with van der Waals surface area (Å²) in [7, 11) is -4.42. The van der Waals surface area contributed by atoms with Crippen LogP contribution in [0, 0.1) is 0 Å². The zero-order chi connectivity index (χ0) is 17.5. The third kappa shape index (κ3) is 3.88. The Bertz CT molecular complexity index is 651. The monoisotopic (exact) mass is 341 g/mol. The Morgan fingerprint density at radius 2 is 1.74 bits per heavy atom. The first-order valence-electron chi connectivity index (χ1n) is 7.63. The number of rotatable bonds is 5. The first-order chi connectivity index (χ1) is 10.4. The lowest BCUT2D eigenvalue weighted by Gasteiger charge is -2.38. The van der Waals surface area contributed by atoms with Gasteiger partial charge in [-0.2, -0.15) is 0 Å². The van der Waals surface area contributed by atoms with Gasteiger partial charge in [-0.1, -0.05) is 12.1 Å². The van der Waals surface area contributed by atoms with Crippen LogP contribution in [-0.4, -0.2) is 49.2 Å². The van der Waals surface area contributed by atoms with E-state index in [9.17, 15) is 18.5 Å². The summed E-state index contributed by atoms with van der Waals surface area (Å²) in [5, 5.41) is 20.3. The molecule has 1 aromatic carbocycles. The summed E-state index contributed by atoms with van der Waals surface area (Å²) < 4.78 is 30.8. The van der Waals surface area contributed by atoms with Gasteiger partial charge in [0, 0.05) is 6.54 Å². The molecule has 2 rings (SSSR count). The Morgan fingerprint density at radius 1 is 1.17 bits per heavy atom. The van der Waals surface area contributed by atoms with Crippen LogP contribution in [0.5, 0.6) is 0 Å². The molecule has 23 heavy (non-hydrogen) atoms. The highest BCUT2D eigenvalue weighted by molar-refractivity contribution is 7.93. The summed E-state index contributed by atoms with van der Waals surface area (Å²) in [6.45, 7) is 7.09. The maximum absolute atomic E-state index is 11.9. The molecule has 0 radical (unpaired) electrons. The Labute approximate surface area is 138 Å². The molecule has 1 fully saturated rings. The fraction of sp³-hybridized carbons (Fsp3) is 0.600. The molecule has 2 N–H and O–H groups in total. The van der Waals surface area contributed by atoms with Crippen LogP contribution in [-0.2, 0) is 14.7 Å². The first kappa shape index (κ1) is 18.3. The Kier molecular flexibility index (Phi) is 4.83. The van der Waals surface area contributed by atoms with E-state index in [0.29, 0.717) is 24.1 Å². The molecule has 0 atom stereocenters. The van der Waals surface area contributed by atoms with Gasteiger partial charge in [-0.25, -0.2) is 8.42 Å². The van der Waals surface area contributed by atoms with E-state index < -0.39 is 28.3 Å². The normalized spacial score (nSPS) is 18.3. The average Bonchev–Trinajstić information content (AvgIpc) is 2.76. The maximum Gasteiger partial charge on any atom is 0.491 e. The Morgan fingerprint density at radius 3 is 2.17 bits per heavy atom. The zero-order valence-corrected chi connectivity index (χ0v) is 14.8. The molecule has 0 amide bonds. The van der Waals surface area contributed by atoms with Crippen molar-refractivity contribution in [3.05, 3.63) is 24.3 Å². The number of anilines is 1. The van der Waals surface area contributed by atoms with Gasteiger partial charge < -0.3 is 14.8 Å². The SMILES string of the molecule is CC(C)(O)C(C)(C)OB(O)c1ccc(N2CCCS2(=O)=O)cc1. The molecular weight excluding hydrogens is 317 g/mol. The summed E-state index contributed by atoms with van der Waals surface area (Å²) >= 11 is 0. The van der Waals surface area contributed by atoms with Gasteiger partial charge in [-0.05, 0) is 51.7 Å². The lowest BCUT2D eigenvalue weighted by molar-refractivity contribution is -0.0982. The van der Waals surface area contributed by atoms with Crippen molar-refractivity contribution >= 4 is 28.3 Å². The van der Waals surface area contributed by atoms with Gasteiger partial charge in [0.2, 0.25) is 10.0 Å². The van der Waals surface area contributed by atoms with Gasteiger partial charge in [0.25, 0.3) is 0 Å². The fourth-order valence-corrected chi connectivity index (χ4v) is 3.79. The predicted octanol–water partition coefficient (Wildman–Crippen LogP) is 0.480. The van der Waals surface area contributed by atoms with E-state index in [0.717, 1.165) is 0 Å². The van der Waals surface area contributed by atoms with Gasteiger partial charge in [0.05, 0.1) is 22.6 Å². The van der Waals surface area contributed by atoms with Crippen molar-refractivity contribution < 1.29 is 23.2 Å². The van der Waals surface area contributed by atoms with Crippen LogP contribution < -0.4 is 9.77 Å². The van der Waals surface area contributed by atoms with Gasteiger partial charge in [-0.3, -0.25) is 4.31 Å². The fourth-order valence-electron chi connectivity index (χ4n) is 2.23. The molecule has 0 spiro atoms. The molecule has 0 bridgehead atoms. The van der Waals surface area contributed by atoms with Crippen LogP contribution in [0.3, 0.4) is 0 Å². The Balaban J connectivity index is 2.14. The summed E-state index contributed by atoms with van der Waals surface area (Å²) in [6, 6.07) is 6.58. The van der Waals surface area contributed by atoms with Crippen molar-refractivity contribution in [2.45, 2.75) is 45.3 Å². The van der Waals surface area contributed by atoms with Gasteiger partial charge in [-0.15, -0.1) is 0 Å². The quantitative estimate of drug-likeness (QED) is 0.761. The highest BCUT2D eigenvalue weighted by atomic mass is 32.2. The van der Waals surface area contributed by atoms with Crippen molar-refractivity contribution in [2.24, 2.45) is 0 Å². The molecule has 1 aliphatic heterocycles. The van der Waals surface area contributed by atoms with E-state index in [1.165, 1.54) is 4.31 Å². The summed E-state index contributed by atoms with van der Waals surface area (Å²) in [6.07, 6.45) is 0.621. The van der Waals surface area contributed by atoms with E-state index >= 15 is 0 Å². The largest absolute Gasteiger partial charge is 0.491 e. The maximum atomic E-state index is 11.9. The highest BCUT2D eigenvalue weighted by Crippen LogP contribution is 2.26.